The zero-order chi connectivity index (χ0) is 14.8. The van der Waals surface area contributed by atoms with Gasteiger partial charge in [-0.2, -0.15) is 5.10 Å². The predicted molar refractivity (Wildman–Crippen MR) is 80.6 cm³/mol. The van der Waals surface area contributed by atoms with Crippen LogP contribution in [-0.4, -0.2) is 23.8 Å². The molecule has 2 heterocycles. The number of nitrogens with one attached hydrogen (secondary N) is 1. The average Bonchev–Trinajstić information content (AvgIpc) is 3.05. The van der Waals surface area contributed by atoms with Gasteiger partial charge in [0.2, 0.25) is 11.9 Å². The maximum Gasteiger partial charge on any atom is 0.231 e. The van der Waals surface area contributed by atoms with Gasteiger partial charge in [-0.15, -0.1) is 0 Å². The zero-order valence-electron chi connectivity index (χ0n) is 11.5. The number of ketones is 1. The number of aromatic nitrogens is 1. The maximum absolute atomic E-state index is 11.4. The van der Waals surface area contributed by atoms with E-state index in [4.69, 9.17) is 9.47 Å². The molecular formula is C14H13N3O3S. The first-order chi connectivity index (χ1) is 10.1. The van der Waals surface area contributed by atoms with Crippen molar-refractivity contribution in [1.82, 2.24) is 4.98 Å². The first-order valence-electron chi connectivity index (χ1n) is 6.31. The number of hydrazone groups is 1. The SMILES string of the molecule is CC(=O)c1sc(N/N=C/c2cccc3c2OCO3)nc1C. The molecule has 2 aromatic rings. The standard InChI is InChI=1S/C14H13N3O3S/c1-8-13(9(2)18)21-14(16-8)17-15-6-10-4-3-5-11-12(10)20-7-19-11/h3-6H,7H2,1-2H3,(H,16,17)/b15-6+. The first-order valence-corrected chi connectivity index (χ1v) is 7.13. The molecule has 0 amide bonds. The van der Waals surface area contributed by atoms with E-state index in [0.717, 1.165) is 5.56 Å². The number of nitrogens with zero attached hydrogens (tertiary/aromatic N) is 2. The number of aryl methyl sites for hydroxylation is 1. The van der Waals surface area contributed by atoms with E-state index in [0.29, 0.717) is 27.2 Å². The molecule has 1 aromatic heterocycles. The highest BCUT2D eigenvalue weighted by molar-refractivity contribution is 7.17. The summed E-state index contributed by atoms with van der Waals surface area (Å²) in [4.78, 5) is 16.3. The number of hydrogen-bond donors (Lipinski definition) is 1. The highest BCUT2D eigenvalue weighted by Crippen LogP contribution is 2.34. The molecule has 0 unspecified atom stereocenters. The van der Waals surface area contributed by atoms with E-state index in [1.165, 1.54) is 18.3 Å². The van der Waals surface area contributed by atoms with Gasteiger partial charge >= 0.3 is 0 Å². The third-order valence-electron chi connectivity index (χ3n) is 2.91. The van der Waals surface area contributed by atoms with E-state index in [1.54, 1.807) is 13.1 Å². The Morgan fingerprint density at radius 3 is 3.10 bits per heavy atom. The van der Waals surface area contributed by atoms with Gasteiger partial charge in [0.25, 0.3) is 0 Å². The zero-order valence-corrected chi connectivity index (χ0v) is 12.4. The molecule has 21 heavy (non-hydrogen) atoms. The van der Waals surface area contributed by atoms with Crippen molar-refractivity contribution in [3.05, 3.63) is 34.3 Å². The van der Waals surface area contributed by atoms with Crippen LogP contribution in [0.25, 0.3) is 0 Å². The fourth-order valence-electron chi connectivity index (χ4n) is 1.98. The van der Waals surface area contributed by atoms with E-state index in [2.05, 4.69) is 15.5 Å². The van der Waals surface area contributed by atoms with Crippen LogP contribution in [0.2, 0.25) is 0 Å². The number of benzene rings is 1. The maximum atomic E-state index is 11.4. The Kier molecular flexibility index (Phi) is 3.57. The molecule has 0 fully saturated rings. The van der Waals surface area contributed by atoms with Gasteiger partial charge in [0.05, 0.1) is 16.8 Å². The van der Waals surface area contributed by atoms with Gasteiger partial charge in [0.15, 0.2) is 17.3 Å². The lowest BCUT2D eigenvalue weighted by molar-refractivity contribution is 0.102. The fourth-order valence-corrected chi connectivity index (χ4v) is 2.79. The van der Waals surface area contributed by atoms with Crippen molar-refractivity contribution >= 4 is 28.5 Å². The third kappa shape index (κ3) is 2.73. The Hall–Kier alpha value is -2.41. The molecule has 0 saturated carbocycles. The molecule has 7 heteroatoms. The summed E-state index contributed by atoms with van der Waals surface area (Å²) in [6, 6.07) is 5.60. The van der Waals surface area contributed by atoms with Crippen molar-refractivity contribution in [3.8, 4) is 11.5 Å². The smallest absolute Gasteiger partial charge is 0.231 e. The van der Waals surface area contributed by atoms with Crippen LogP contribution < -0.4 is 14.9 Å². The highest BCUT2D eigenvalue weighted by atomic mass is 32.1. The molecule has 0 aliphatic carbocycles. The Balaban J connectivity index is 1.75. The molecule has 0 radical (unpaired) electrons. The molecular weight excluding hydrogens is 290 g/mol. The number of hydrogen-bond acceptors (Lipinski definition) is 7. The van der Waals surface area contributed by atoms with E-state index in [-0.39, 0.29) is 12.6 Å². The highest BCUT2D eigenvalue weighted by Gasteiger charge is 2.16. The number of rotatable bonds is 4. The van der Waals surface area contributed by atoms with Crippen LogP contribution in [0.4, 0.5) is 5.13 Å². The van der Waals surface area contributed by atoms with Gasteiger partial charge in [-0.3, -0.25) is 10.2 Å². The van der Waals surface area contributed by atoms with Gasteiger partial charge in [-0.05, 0) is 19.1 Å². The number of thiazole rings is 1. The summed E-state index contributed by atoms with van der Waals surface area (Å²) in [5.41, 5.74) is 4.36. The third-order valence-corrected chi connectivity index (χ3v) is 4.07. The van der Waals surface area contributed by atoms with Crippen molar-refractivity contribution < 1.29 is 14.3 Å². The van der Waals surface area contributed by atoms with Crippen LogP contribution in [0.5, 0.6) is 11.5 Å². The van der Waals surface area contributed by atoms with E-state index in [1.807, 2.05) is 18.2 Å². The molecule has 0 atom stereocenters. The summed E-state index contributed by atoms with van der Waals surface area (Å²) < 4.78 is 10.7. The number of ether oxygens (including phenoxy) is 2. The van der Waals surface area contributed by atoms with E-state index < -0.39 is 0 Å². The molecule has 0 saturated heterocycles. The summed E-state index contributed by atoms with van der Waals surface area (Å²) in [7, 11) is 0. The summed E-state index contributed by atoms with van der Waals surface area (Å²) in [6.07, 6.45) is 1.64. The quantitative estimate of drug-likeness (QED) is 0.534. The second-order valence-electron chi connectivity index (χ2n) is 4.44. The van der Waals surface area contributed by atoms with Crippen molar-refractivity contribution in [2.75, 3.05) is 12.2 Å². The number of Topliss-reactive ketones (excluding diaryl/α,β-unsaturated/α-hetero) is 1. The average molecular weight is 303 g/mol. The molecule has 0 bridgehead atoms. The van der Waals surface area contributed by atoms with Crippen molar-refractivity contribution in [1.29, 1.82) is 0 Å². The molecule has 1 aromatic carbocycles. The molecule has 1 N–H and O–H groups in total. The Morgan fingerprint density at radius 2 is 2.33 bits per heavy atom. The number of carbonyl (C=O) groups excluding carboxylic acids is 1. The first kappa shape index (κ1) is 13.6. The molecule has 1 aliphatic rings. The van der Waals surface area contributed by atoms with Crippen LogP contribution >= 0.6 is 11.3 Å². The van der Waals surface area contributed by atoms with Crippen LogP contribution in [0.15, 0.2) is 23.3 Å². The molecule has 1 aliphatic heterocycles. The largest absolute Gasteiger partial charge is 0.454 e. The minimum Gasteiger partial charge on any atom is -0.454 e. The monoisotopic (exact) mass is 303 g/mol. The van der Waals surface area contributed by atoms with Crippen molar-refractivity contribution in [2.45, 2.75) is 13.8 Å². The second kappa shape index (κ2) is 5.53. The number of carbonyl (C=O) groups is 1. The van der Waals surface area contributed by atoms with Crippen molar-refractivity contribution in [3.63, 3.8) is 0 Å². The molecule has 3 rings (SSSR count). The number of anilines is 1. The second-order valence-corrected chi connectivity index (χ2v) is 5.44. The molecule has 108 valence electrons. The van der Waals surface area contributed by atoms with Crippen LogP contribution in [-0.2, 0) is 0 Å². The lowest BCUT2D eigenvalue weighted by Gasteiger charge is -1.99. The fraction of sp³-hybridized carbons (Fsp3) is 0.214. The van der Waals surface area contributed by atoms with E-state index >= 15 is 0 Å². The van der Waals surface area contributed by atoms with Crippen LogP contribution in [0.1, 0.15) is 27.9 Å². The Bertz CT molecular complexity index is 724. The summed E-state index contributed by atoms with van der Waals surface area (Å²) in [6.45, 7) is 3.55. The number of para-hydroxylation sites is 1. The predicted octanol–water partition coefficient (Wildman–Crippen LogP) is 2.83. The van der Waals surface area contributed by atoms with Gasteiger partial charge in [-0.1, -0.05) is 17.4 Å². The van der Waals surface area contributed by atoms with E-state index in [9.17, 15) is 4.79 Å². The van der Waals surface area contributed by atoms with Crippen LogP contribution in [0, 0.1) is 6.92 Å². The Labute approximate surface area is 125 Å². The molecule has 6 nitrogen and oxygen atoms in total. The summed E-state index contributed by atoms with van der Waals surface area (Å²) >= 11 is 1.29. The lowest BCUT2D eigenvalue weighted by atomic mass is 10.2. The topological polar surface area (TPSA) is 72.8 Å². The van der Waals surface area contributed by atoms with Gasteiger partial charge in [0, 0.05) is 12.5 Å². The summed E-state index contributed by atoms with van der Waals surface area (Å²) in [5, 5.41) is 4.71. The minimum absolute atomic E-state index is 0.00783. The lowest BCUT2D eigenvalue weighted by Crippen LogP contribution is -1.95. The van der Waals surface area contributed by atoms with Crippen molar-refractivity contribution in [2.24, 2.45) is 5.10 Å². The Morgan fingerprint density at radius 1 is 1.48 bits per heavy atom. The van der Waals surface area contributed by atoms with Crippen LogP contribution in [0.3, 0.4) is 0 Å². The molecule has 0 spiro atoms. The minimum atomic E-state index is 0.00783. The summed E-state index contributed by atoms with van der Waals surface area (Å²) in [5.74, 6) is 1.40. The van der Waals surface area contributed by atoms with Gasteiger partial charge < -0.3 is 9.47 Å². The van der Waals surface area contributed by atoms with Gasteiger partial charge in [-0.25, -0.2) is 4.98 Å². The number of fused-ring (bicyclic) bond motifs is 1. The normalized spacial score (nSPS) is 12.9. The van der Waals surface area contributed by atoms with Gasteiger partial charge in [0.1, 0.15) is 0 Å².